The topological polar surface area (TPSA) is 46.9 Å². The molecule has 0 radical (unpaired) electrons. The molecule has 1 N–H and O–H groups in total. The fourth-order valence-corrected chi connectivity index (χ4v) is 2.00. The number of amides is 1. The van der Waals surface area contributed by atoms with Crippen LogP contribution >= 0.6 is 0 Å². The summed E-state index contributed by atoms with van der Waals surface area (Å²) in [5.74, 6) is -0.433. The minimum Gasteiger partial charge on any atom is -0.324 e. The maximum absolute atomic E-state index is 12.4. The lowest BCUT2D eigenvalue weighted by Gasteiger charge is -2.08. The fraction of sp³-hybridized carbons (Fsp3) is 0.286. The molecule has 7 heteroatoms. The van der Waals surface area contributed by atoms with Crippen LogP contribution in [0.15, 0.2) is 30.5 Å². The molecule has 1 heterocycles. The first-order valence-corrected chi connectivity index (χ1v) is 6.23. The molecule has 4 nitrogen and oxygen atoms in total. The quantitative estimate of drug-likeness (QED) is 0.946. The van der Waals surface area contributed by atoms with Gasteiger partial charge < -0.3 is 5.32 Å². The number of rotatable bonds is 3. The largest absolute Gasteiger partial charge is 0.435 e. The van der Waals surface area contributed by atoms with E-state index >= 15 is 0 Å². The SMILES string of the molecule is Cc1cc(C)cc(NC(=O)Cn2ccc(C(F)(F)F)n2)c1. The number of benzene rings is 1. The molecule has 0 bridgehead atoms. The van der Waals surface area contributed by atoms with E-state index < -0.39 is 17.8 Å². The van der Waals surface area contributed by atoms with Gasteiger partial charge in [-0.3, -0.25) is 9.48 Å². The fourth-order valence-electron chi connectivity index (χ4n) is 2.00. The Morgan fingerprint density at radius 3 is 2.38 bits per heavy atom. The van der Waals surface area contributed by atoms with E-state index in [9.17, 15) is 18.0 Å². The van der Waals surface area contributed by atoms with E-state index in [-0.39, 0.29) is 6.54 Å². The van der Waals surface area contributed by atoms with Crippen LogP contribution in [-0.4, -0.2) is 15.7 Å². The first kappa shape index (κ1) is 15.1. The lowest BCUT2D eigenvalue weighted by Crippen LogP contribution is -2.19. The van der Waals surface area contributed by atoms with Crippen molar-refractivity contribution in [2.75, 3.05) is 5.32 Å². The van der Waals surface area contributed by atoms with Crippen LogP contribution in [0.2, 0.25) is 0 Å². The molecule has 0 saturated carbocycles. The van der Waals surface area contributed by atoms with Crippen LogP contribution < -0.4 is 5.32 Å². The molecule has 0 unspecified atom stereocenters. The third kappa shape index (κ3) is 4.08. The third-order valence-electron chi connectivity index (χ3n) is 2.74. The average molecular weight is 297 g/mol. The second kappa shape index (κ2) is 5.59. The van der Waals surface area contributed by atoms with Crippen molar-refractivity contribution >= 4 is 11.6 Å². The molecule has 1 amide bonds. The molecule has 0 saturated heterocycles. The van der Waals surface area contributed by atoms with Gasteiger partial charge in [0.05, 0.1) is 0 Å². The number of hydrogen-bond donors (Lipinski definition) is 1. The van der Waals surface area contributed by atoms with Crippen molar-refractivity contribution in [3.63, 3.8) is 0 Å². The summed E-state index contributed by atoms with van der Waals surface area (Å²) in [6.07, 6.45) is -3.38. The second-order valence-electron chi connectivity index (χ2n) is 4.82. The molecular formula is C14H14F3N3O. The number of nitrogens with one attached hydrogen (secondary N) is 1. The normalized spacial score (nSPS) is 11.5. The molecule has 0 fully saturated rings. The highest BCUT2D eigenvalue weighted by molar-refractivity contribution is 5.90. The highest BCUT2D eigenvalue weighted by atomic mass is 19.4. The summed E-state index contributed by atoms with van der Waals surface area (Å²) in [6.45, 7) is 3.51. The van der Waals surface area contributed by atoms with Crippen molar-refractivity contribution in [2.24, 2.45) is 0 Å². The Bertz CT molecular complexity index is 641. The Labute approximate surface area is 119 Å². The van der Waals surface area contributed by atoms with Crippen molar-refractivity contribution in [2.45, 2.75) is 26.6 Å². The van der Waals surface area contributed by atoms with Crippen LogP contribution in [-0.2, 0) is 17.5 Å². The van der Waals surface area contributed by atoms with E-state index in [2.05, 4.69) is 10.4 Å². The minimum atomic E-state index is -4.50. The molecule has 2 aromatic rings. The van der Waals surface area contributed by atoms with E-state index in [1.807, 2.05) is 19.9 Å². The standard InChI is InChI=1S/C14H14F3N3O/c1-9-5-10(2)7-11(6-9)18-13(21)8-20-4-3-12(19-20)14(15,16)17/h3-7H,8H2,1-2H3,(H,18,21). The van der Waals surface area contributed by atoms with Crippen LogP contribution in [0.3, 0.4) is 0 Å². The minimum absolute atomic E-state index is 0.275. The number of aromatic nitrogens is 2. The summed E-state index contributed by atoms with van der Waals surface area (Å²) in [4.78, 5) is 11.8. The number of carbonyl (C=O) groups is 1. The van der Waals surface area contributed by atoms with Crippen molar-refractivity contribution in [3.8, 4) is 0 Å². The molecule has 0 aliphatic rings. The van der Waals surface area contributed by atoms with Crippen molar-refractivity contribution in [3.05, 3.63) is 47.3 Å². The summed E-state index contributed by atoms with van der Waals surface area (Å²) in [5.41, 5.74) is 1.58. The maximum Gasteiger partial charge on any atom is 0.435 e. The van der Waals surface area contributed by atoms with Crippen LogP contribution in [0.25, 0.3) is 0 Å². The summed E-state index contributed by atoms with van der Waals surface area (Å²) >= 11 is 0. The Morgan fingerprint density at radius 2 is 1.86 bits per heavy atom. The summed E-state index contributed by atoms with van der Waals surface area (Å²) in [7, 11) is 0. The Balaban J connectivity index is 2.03. The highest BCUT2D eigenvalue weighted by Crippen LogP contribution is 2.27. The van der Waals surface area contributed by atoms with Crippen molar-refractivity contribution in [1.29, 1.82) is 0 Å². The monoisotopic (exact) mass is 297 g/mol. The molecule has 1 aromatic carbocycles. The highest BCUT2D eigenvalue weighted by Gasteiger charge is 2.33. The van der Waals surface area contributed by atoms with Gasteiger partial charge in [0.15, 0.2) is 5.69 Å². The zero-order valence-corrected chi connectivity index (χ0v) is 11.5. The number of halogens is 3. The Hall–Kier alpha value is -2.31. The van der Waals surface area contributed by atoms with Crippen LogP contribution in [0, 0.1) is 13.8 Å². The molecule has 0 aliphatic heterocycles. The van der Waals surface area contributed by atoms with Gasteiger partial charge >= 0.3 is 6.18 Å². The number of aryl methyl sites for hydroxylation is 2. The van der Waals surface area contributed by atoms with Gasteiger partial charge in [0.1, 0.15) is 6.54 Å². The Kier molecular flexibility index (Phi) is 4.02. The van der Waals surface area contributed by atoms with E-state index in [4.69, 9.17) is 0 Å². The van der Waals surface area contributed by atoms with Gasteiger partial charge in [-0.25, -0.2) is 0 Å². The Morgan fingerprint density at radius 1 is 1.24 bits per heavy atom. The zero-order chi connectivity index (χ0) is 15.6. The zero-order valence-electron chi connectivity index (χ0n) is 11.5. The van der Waals surface area contributed by atoms with Gasteiger partial charge in [-0.2, -0.15) is 18.3 Å². The lowest BCUT2D eigenvalue weighted by atomic mass is 10.1. The predicted octanol–water partition coefficient (Wildman–Crippen LogP) is 3.16. The molecular weight excluding hydrogens is 283 g/mol. The maximum atomic E-state index is 12.4. The molecule has 112 valence electrons. The predicted molar refractivity (Wildman–Crippen MR) is 71.8 cm³/mol. The first-order valence-electron chi connectivity index (χ1n) is 6.23. The molecule has 0 spiro atoms. The van der Waals surface area contributed by atoms with Gasteiger partial charge in [0.2, 0.25) is 5.91 Å². The van der Waals surface area contributed by atoms with Crippen LogP contribution in [0.4, 0.5) is 18.9 Å². The summed E-state index contributed by atoms with van der Waals surface area (Å²) < 4.78 is 38.2. The van der Waals surface area contributed by atoms with Crippen molar-refractivity contribution < 1.29 is 18.0 Å². The average Bonchev–Trinajstić information content (AvgIpc) is 2.75. The van der Waals surface area contributed by atoms with E-state index in [1.165, 1.54) is 0 Å². The number of anilines is 1. The number of hydrogen-bond acceptors (Lipinski definition) is 2. The summed E-state index contributed by atoms with van der Waals surface area (Å²) in [6, 6.07) is 6.37. The molecule has 2 rings (SSSR count). The molecule has 1 aromatic heterocycles. The molecule has 0 atom stereocenters. The van der Waals surface area contributed by atoms with E-state index in [0.29, 0.717) is 5.69 Å². The van der Waals surface area contributed by atoms with E-state index in [1.54, 1.807) is 12.1 Å². The van der Waals surface area contributed by atoms with E-state index in [0.717, 1.165) is 28.1 Å². The van der Waals surface area contributed by atoms with Gasteiger partial charge in [-0.05, 0) is 43.2 Å². The van der Waals surface area contributed by atoms with Gasteiger partial charge in [-0.15, -0.1) is 0 Å². The summed E-state index contributed by atoms with van der Waals surface area (Å²) in [5, 5.41) is 5.97. The van der Waals surface area contributed by atoms with Gasteiger partial charge in [0.25, 0.3) is 0 Å². The lowest BCUT2D eigenvalue weighted by molar-refractivity contribution is -0.141. The smallest absolute Gasteiger partial charge is 0.324 e. The van der Waals surface area contributed by atoms with Crippen LogP contribution in [0.5, 0.6) is 0 Å². The van der Waals surface area contributed by atoms with Gasteiger partial charge in [0, 0.05) is 11.9 Å². The molecule has 21 heavy (non-hydrogen) atoms. The van der Waals surface area contributed by atoms with Crippen LogP contribution in [0.1, 0.15) is 16.8 Å². The van der Waals surface area contributed by atoms with Gasteiger partial charge in [-0.1, -0.05) is 6.07 Å². The number of carbonyl (C=O) groups excluding carboxylic acids is 1. The third-order valence-corrected chi connectivity index (χ3v) is 2.74. The number of alkyl halides is 3. The van der Waals surface area contributed by atoms with Crippen molar-refractivity contribution in [1.82, 2.24) is 9.78 Å². The first-order chi connectivity index (χ1) is 9.74. The number of nitrogens with zero attached hydrogens (tertiary/aromatic N) is 2. The molecule has 0 aliphatic carbocycles. The second-order valence-corrected chi connectivity index (χ2v) is 4.82.